The maximum Gasteiger partial charge on any atom is 0.0949 e. The minimum absolute atomic E-state index is 0.751. The number of aliphatic hydroxyl groups is 1. The van der Waals surface area contributed by atoms with E-state index < -0.39 is 0 Å². The highest BCUT2D eigenvalue weighted by Gasteiger charge is 2.00. The first-order chi connectivity index (χ1) is 7.90. The molecule has 0 radical (unpaired) electrons. The Morgan fingerprint density at radius 2 is 2.06 bits per heavy atom. The summed E-state index contributed by atoms with van der Waals surface area (Å²) >= 11 is 0. The van der Waals surface area contributed by atoms with Crippen molar-refractivity contribution in [3.63, 3.8) is 0 Å². The molecule has 0 spiro atoms. The molecule has 0 aliphatic rings. The van der Waals surface area contributed by atoms with Gasteiger partial charge in [0.1, 0.15) is 0 Å². The molecule has 0 amide bonds. The molecular formula is C13H14N2O. The molecule has 1 N–H and O–H groups in total. The summed E-state index contributed by atoms with van der Waals surface area (Å²) in [6.07, 6.45) is 9.11. The van der Waals surface area contributed by atoms with Gasteiger partial charge in [0.05, 0.1) is 12.6 Å². The Balaban J connectivity index is 2.19. The van der Waals surface area contributed by atoms with Gasteiger partial charge in [-0.05, 0) is 23.6 Å². The standard InChI is InChI=1S/C13H14N2O/c16-9-3-6-12-4-1-2-5-13(12)10-15-8-7-14-11-15/h1-5,7-9,11,16H,6,10H2. The van der Waals surface area contributed by atoms with Crippen LogP contribution < -0.4 is 0 Å². The number of benzene rings is 1. The molecule has 0 aliphatic heterocycles. The van der Waals surface area contributed by atoms with Crippen molar-refractivity contribution < 1.29 is 5.11 Å². The fourth-order valence-corrected chi connectivity index (χ4v) is 1.67. The number of hydrogen-bond acceptors (Lipinski definition) is 2. The second kappa shape index (κ2) is 5.16. The summed E-state index contributed by atoms with van der Waals surface area (Å²) in [5, 5.41) is 8.68. The first kappa shape index (κ1) is 10.5. The Hall–Kier alpha value is -2.03. The molecule has 0 atom stereocenters. The van der Waals surface area contributed by atoms with Crippen LogP contribution in [0.4, 0.5) is 0 Å². The molecule has 0 fully saturated rings. The summed E-state index contributed by atoms with van der Waals surface area (Å²) in [4.78, 5) is 4.02. The van der Waals surface area contributed by atoms with Crippen LogP contribution in [0.25, 0.3) is 0 Å². The van der Waals surface area contributed by atoms with E-state index in [1.165, 1.54) is 11.1 Å². The summed E-state index contributed by atoms with van der Waals surface area (Å²) in [7, 11) is 0. The van der Waals surface area contributed by atoms with E-state index in [1.54, 1.807) is 18.6 Å². The van der Waals surface area contributed by atoms with Crippen LogP contribution in [-0.4, -0.2) is 14.7 Å². The lowest BCUT2D eigenvalue weighted by Gasteiger charge is -2.07. The molecule has 3 heteroatoms. The molecular weight excluding hydrogens is 200 g/mol. The maximum absolute atomic E-state index is 8.68. The van der Waals surface area contributed by atoms with Gasteiger partial charge in [0.15, 0.2) is 0 Å². The first-order valence-electron chi connectivity index (χ1n) is 5.22. The minimum Gasteiger partial charge on any atom is -0.516 e. The van der Waals surface area contributed by atoms with Gasteiger partial charge in [0.2, 0.25) is 0 Å². The first-order valence-corrected chi connectivity index (χ1v) is 5.22. The second-order valence-corrected chi connectivity index (χ2v) is 3.59. The van der Waals surface area contributed by atoms with E-state index in [0.29, 0.717) is 0 Å². The van der Waals surface area contributed by atoms with Gasteiger partial charge < -0.3 is 9.67 Å². The SMILES string of the molecule is OC=CCc1ccccc1Cn1ccnc1. The fourth-order valence-electron chi connectivity index (χ4n) is 1.67. The lowest BCUT2D eigenvalue weighted by atomic mass is 10.0. The molecule has 0 saturated carbocycles. The highest BCUT2D eigenvalue weighted by molar-refractivity contribution is 5.29. The zero-order valence-electron chi connectivity index (χ0n) is 8.95. The van der Waals surface area contributed by atoms with Crippen molar-refractivity contribution in [3.8, 4) is 0 Å². The average molecular weight is 214 g/mol. The van der Waals surface area contributed by atoms with Crippen LogP contribution in [-0.2, 0) is 13.0 Å². The van der Waals surface area contributed by atoms with E-state index >= 15 is 0 Å². The normalized spacial score (nSPS) is 11.0. The minimum atomic E-state index is 0.751. The van der Waals surface area contributed by atoms with Crippen LogP contribution in [0.1, 0.15) is 11.1 Å². The molecule has 16 heavy (non-hydrogen) atoms. The van der Waals surface area contributed by atoms with Crippen molar-refractivity contribution in [3.05, 3.63) is 66.5 Å². The third-order valence-electron chi connectivity index (χ3n) is 2.47. The number of aliphatic hydroxyl groups excluding tert-OH is 1. The third-order valence-corrected chi connectivity index (χ3v) is 2.47. The van der Waals surface area contributed by atoms with Crippen LogP contribution >= 0.6 is 0 Å². The Morgan fingerprint density at radius 1 is 1.25 bits per heavy atom. The number of imidazole rings is 1. The molecule has 1 heterocycles. The van der Waals surface area contributed by atoms with Crippen LogP contribution in [0.3, 0.4) is 0 Å². The predicted molar refractivity (Wildman–Crippen MR) is 63.2 cm³/mol. The van der Waals surface area contributed by atoms with Gasteiger partial charge in [0, 0.05) is 18.9 Å². The number of aromatic nitrogens is 2. The zero-order chi connectivity index (χ0) is 11.2. The molecule has 82 valence electrons. The van der Waals surface area contributed by atoms with E-state index in [4.69, 9.17) is 5.11 Å². The summed E-state index contributed by atoms with van der Waals surface area (Å²) in [5.41, 5.74) is 2.47. The lowest BCUT2D eigenvalue weighted by molar-refractivity contribution is 0.471. The van der Waals surface area contributed by atoms with Gasteiger partial charge in [-0.3, -0.25) is 0 Å². The van der Waals surface area contributed by atoms with E-state index in [9.17, 15) is 0 Å². The van der Waals surface area contributed by atoms with Crippen LogP contribution in [0.2, 0.25) is 0 Å². The maximum atomic E-state index is 8.68. The summed E-state index contributed by atoms with van der Waals surface area (Å²) in [5.74, 6) is 0. The quantitative estimate of drug-likeness (QED) is 0.794. The van der Waals surface area contributed by atoms with Crippen LogP contribution in [0, 0.1) is 0 Å². The Kier molecular flexibility index (Phi) is 3.38. The molecule has 1 aromatic carbocycles. The van der Waals surface area contributed by atoms with Gasteiger partial charge in [-0.2, -0.15) is 0 Å². The molecule has 3 nitrogen and oxygen atoms in total. The molecule has 0 saturated heterocycles. The van der Waals surface area contributed by atoms with Gasteiger partial charge >= 0.3 is 0 Å². The van der Waals surface area contributed by atoms with Gasteiger partial charge in [0.25, 0.3) is 0 Å². The number of nitrogens with zero attached hydrogens (tertiary/aromatic N) is 2. The smallest absolute Gasteiger partial charge is 0.0949 e. The van der Waals surface area contributed by atoms with Gasteiger partial charge in [-0.15, -0.1) is 0 Å². The van der Waals surface area contributed by atoms with Crippen molar-refractivity contribution in [2.45, 2.75) is 13.0 Å². The van der Waals surface area contributed by atoms with Crippen molar-refractivity contribution in [1.29, 1.82) is 0 Å². The monoisotopic (exact) mass is 214 g/mol. The zero-order valence-corrected chi connectivity index (χ0v) is 8.95. The molecule has 0 unspecified atom stereocenters. The molecule has 2 aromatic rings. The summed E-state index contributed by atoms with van der Waals surface area (Å²) in [6.45, 7) is 0.815. The number of hydrogen-bond donors (Lipinski definition) is 1. The number of rotatable bonds is 4. The summed E-state index contributed by atoms with van der Waals surface area (Å²) in [6, 6.07) is 8.21. The highest BCUT2D eigenvalue weighted by atomic mass is 16.2. The van der Waals surface area contributed by atoms with Crippen molar-refractivity contribution in [2.24, 2.45) is 0 Å². The molecule has 0 bridgehead atoms. The van der Waals surface area contributed by atoms with Crippen molar-refractivity contribution in [2.75, 3.05) is 0 Å². The van der Waals surface area contributed by atoms with E-state index in [2.05, 4.69) is 17.1 Å². The third kappa shape index (κ3) is 2.51. The fraction of sp³-hybridized carbons (Fsp3) is 0.154. The van der Waals surface area contributed by atoms with E-state index in [1.807, 2.05) is 22.9 Å². The largest absolute Gasteiger partial charge is 0.516 e. The van der Waals surface area contributed by atoms with Crippen molar-refractivity contribution >= 4 is 0 Å². The number of allylic oxidation sites excluding steroid dienone is 1. The Labute approximate surface area is 94.7 Å². The average Bonchev–Trinajstić information content (AvgIpc) is 2.81. The topological polar surface area (TPSA) is 38.0 Å². The summed E-state index contributed by atoms with van der Waals surface area (Å²) < 4.78 is 2.03. The van der Waals surface area contributed by atoms with Crippen molar-refractivity contribution in [1.82, 2.24) is 9.55 Å². The van der Waals surface area contributed by atoms with Gasteiger partial charge in [-0.25, -0.2) is 4.98 Å². The Morgan fingerprint density at radius 3 is 2.75 bits per heavy atom. The van der Waals surface area contributed by atoms with Gasteiger partial charge in [-0.1, -0.05) is 24.3 Å². The highest BCUT2D eigenvalue weighted by Crippen LogP contribution is 2.11. The van der Waals surface area contributed by atoms with E-state index in [0.717, 1.165) is 19.2 Å². The van der Waals surface area contributed by atoms with E-state index in [-0.39, 0.29) is 0 Å². The van der Waals surface area contributed by atoms with Crippen LogP contribution in [0.15, 0.2) is 55.3 Å². The molecule has 2 rings (SSSR count). The molecule has 1 aromatic heterocycles. The van der Waals surface area contributed by atoms with Crippen LogP contribution in [0.5, 0.6) is 0 Å². The second-order valence-electron chi connectivity index (χ2n) is 3.59. The Bertz CT molecular complexity index is 461. The lowest BCUT2D eigenvalue weighted by Crippen LogP contribution is -2.00. The molecule has 0 aliphatic carbocycles. The predicted octanol–water partition coefficient (Wildman–Crippen LogP) is 2.55.